The Labute approximate surface area is 239 Å². The summed E-state index contributed by atoms with van der Waals surface area (Å²) in [4.78, 5) is 23.1. The lowest BCUT2D eigenvalue weighted by Crippen LogP contribution is -2.29. The van der Waals surface area contributed by atoms with Crippen molar-refractivity contribution < 1.29 is 19.4 Å². The van der Waals surface area contributed by atoms with E-state index in [9.17, 15) is 14.7 Å². The van der Waals surface area contributed by atoms with E-state index in [1.807, 2.05) is 24.3 Å². The number of hydrogen-bond donors (Lipinski definition) is 1. The van der Waals surface area contributed by atoms with Gasteiger partial charge in [0.2, 0.25) is 0 Å². The Hall–Kier alpha value is -5.48. The van der Waals surface area contributed by atoms with E-state index in [2.05, 4.69) is 14.8 Å². The number of carbonyl (C=O) groups is 2. The number of hydrogen-bond acceptors (Lipinski definition) is 9. The maximum atomic E-state index is 13.0. The zero-order valence-corrected chi connectivity index (χ0v) is 22.2. The van der Waals surface area contributed by atoms with E-state index in [0.29, 0.717) is 44.5 Å². The summed E-state index contributed by atoms with van der Waals surface area (Å²) in [5.41, 5.74) is 5.81. The zero-order chi connectivity index (χ0) is 28.8. The van der Waals surface area contributed by atoms with Crippen molar-refractivity contribution in [3.8, 4) is 12.1 Å². The number of fused-ring (bicyclic) bond motifs is 1. The van der Waals surface area contributed by atoms with Crippen LogP contribution in [-0.4, -0.2) is 26.1 Å². The molecule has 1 aliphatic rings. The minimum atomic E-state index is -1.89. The fourth-order valence-corrected chi connectivity index (χ4v) is 4.93. The lowest BCUT2D eigenvalue weighted by atomic mass is 9.88. The second-order valence-electron chi connectivity index (χ2n) is 9.06. The first-order valence-electron chi connectivity index (χ1n) is 12.4. The monoisotopic (exact) mass is 556 g/mol. The Morgan fingerprint density at radius 2 is 1.49 bits per heavy atom. The minimum absolute atomic E-state index is 0.269. The third kappa shape index (κ3) is 5.63. The largest absolute Gasteiger partial charge is 0.421 e. The highest BCUT2D eigenvalue weighted by Gasteiger charge is 2.48. The average molecular weight is 557 g/mol. The molecule has 8 nitrogen and oxygen atoms in total. The van der Waals surface area contributed by atoms with Gasteiger partial charge in [0.15, 0.2) is 0 Å². The molecule has 0 fully saturated rings. The fourth-order valence-electron chi connectivity index (χ4n) is 4.41. The van der Waals surface area contributed by atoms with Gasteiger partial charge in [0.05, 0.1) is 40.6 Å². The number of aliphatic hydroxyl groups is 1. The van der Waals surface area contributed by atoms with Crippen molar-refractivity contribution in [2.75, 3.05) is 0 Å². The van der Waals surface area contributed by atoms with Crippen LogP contribution in [0, 0.1) is 22.7 Å². The van der Waals surface area contributed by atoms with Gasteiger partial charge in [-0.3, -0.25) is 4.79 Å². The summed E-state index contributed by atoms with van der Waals surface area (Å²) < 4.78 is 14.1. The lowest BCUT2D eigenvalue weighted by Gasteiger charge is -2.25. The van der Waals surface area contributed by atoms with Crippen molar-refractivity contribution in [1.29, 1.82) is 10.5 Å². The van der Waals surface area contributed by atoms with E-state index >= 15 is 0 Å². The van der Waals surface area contributed by atoms with Crippen molar-refractivity contribution in [1.82, 2.24) is 8.75 Å². The van der Waals surface area contributed by atoms with Gasteiger partial charge in [-0.1, -0.05) is 60.7 Å². The number of carbonyl (C=O) groups excluding carboxylic acids is 2. The maximum absolute atomic E-state index is 13.0. The van der Waals surface area contributed by atoms with Gasteiger partial charge >= 0.3 is 5.97 Å². The van der Waals surface area contributed by atoms with Crippen LogP contribution in [-0.2, 0) is 21.7 Å². The second kappa shape index (κ2) is 11.7. The molecule has 1 N–H and O–H groups in total. The van der Waals surface area contributed by atoms with Crippen LogP contribution < -0.4 is 0 Å². The van der Waals surface area contributed by atoms with E-state index in [4.69, 9.17) is 15.3 Å². The van der Waals surface area contributed by atoms with Gasteiger partial charge < -0.3 is 9.84 Å². The summed E-state index contributed by atoms with van der Waals surface area (Å²) in [6, 6.07) is 31.8. The van der Waals surface area contributed by atoms with Crippen LogP contribution in [0.4, 0.5) is 0 Å². The van der Waals surface area contributed by atoms with Crippen molar-refractivity contribution in [3.05, 3.63) is 136 Å². The van der Waals surface area contributed by atoms with Gasteiger partial charge in [-0.05, 0) is 47.5 Å². The first-order valence-corrected chi connectivity index (χ1v) is 13.1. The molecule has 0 saturated heterocycles. The van der Waals surface area contributed by atoms with Gasteiger partial charge in [-0.2, -0.15) is 19.3 Å². The second-order valence-corrected chi connectivity index (χ2v) is 9.59. The van der Waals surface area contributed by atoms with E-state index in [-0.39, 0.29) is 6.42 Å². The zero-order valence-electron chi connectivity index (χ0n) is 21.4. The van der Waals surface area contributed by atoms with Crippen LogP contribution in [0.25, 0.3) is 16.6 Å². The van der Waals surface area contributed by atoms with E-state index in [1.54, 1.807) is 78.9 Å². The third-order valence-electron chi connectivity index (χ3n) is 6.50. The Morgan fingerprint density at radius 3 is 2.12 bits per heavy atom. The van der Waals surface area contributed by atoms with Gasteiger partial charge in [-0.15, -0.1) is 0 Å². The van der Waals surface area contributed by atoms with Gasteiger partial charge in [0.25, 0.3) is 5.79 Å². The van der Waals surface area contributed by atoms with Crippen molar-refractivity contribution in [2.45, 2.75) is 12.2 Å². The van der Waals surface area contributed by atoms with E-state index in [0.717, 1.165) is 29.1 Å². The number of esters is 1. The third-order valence-corrected chi connectivity index (χ3v) is 7.06. The van der Waals surface area contributed by atoms with Crippen LogP contribution in [0.3, 0.4) is 0 Å². The number of benzene rings is 4. The van der Waals surface area contributed by atoms with Gasteiger partial charge in [0.1, 0.15) is 17.3 Å². The predicted molar refractivity (Wildman–Crippen MR) is 152 cm³/mol. The molecule has 0 aliphatic carbocycles. The quantitative estimate of drug-likeness (QED) is 0.226. The number of rotatable bonds is 5. The highest BCUT2D eigenvalue weighted by Crippen LogP contribution is 2.44. The summed E-state index contributed by atoms with van der Waals surface area (Å²) in [7, 11) is 0. The van der Waals surface area contributed by atoms with E-state index in [1.165, 1.54) is 0 Å². The first kappa shape index (κ1) is 27.1. The SMILES string of the molecule is N#Cc1ccc(C=O)cc1.N#Cc1ccc(CC2=C(c3ccc4nsnc4c3)C(=O)OC2(O)c2ccccc2)cc1. The fraction of sp³-hybridized carbons (Fsp3) is 0.0625. The standard InChI is InChI=1S/C24H15N3O3S.C8H5NO/c25-14-16-8-6-15(7-9-16)12-19-22(17-10-11-20-21(13-17)27-31-26-20)23(28)30-24(19,29)18-4-2-1-3-5-18;9-5-7-1-3-8(6-10)4-2-7/h1-11,13,29H,12H2;1-4,6H. The Bertz CT molecular complexity index is 1850. The molecule has 1 aromatic heterocycles. The van der Waals surface area contributed by atoms with Crippen LogP contribution >= 0.6 is 11.7 Å². The molecule has 0 amide bonds. The molecule has 2 heterocycles. The normalized spacial score (nSPS) is 15.8. The first-order chi connectivity index (χ1) is 19.9. The van der Waals surface area contributed by atoms with Crippen molar-refractivity contribution in [3.63, 3.8) is 0 Å². The van der Waals surface area contributed by atoms with Crippen molar-refractivity contribution >= 4 is 40.6 Å². The molecule has 5 aromatic rings. The van der Waals surface area contributed by atoms with Gasteiger partial charge in [0, 0.05) is 23.1 Å². The molecule has 9 heteroatoms. The van der Waals surface area contributed by atoms with Gasteiger partial charge in [-0.25, -0.2) is 4.79 Å². The molecule has 1 unspecified atom stereocenters. The Kier molecular flexibility index (Phi) is 7.75. The molecule has 1 aliphatic heterocycles. The topological polar surface area (TPSA) is 137 Å². The van der Waals surface area contributed by atoms with Crippen LogP contribution in [0.2, 0.25) is 0 Å². The molecule has 1 atom stereocenters. The highest BCUT2D eigenvalue weighted by molar-refractivity contribution is 7.00. The smallest absolute Gasteiger partial charge is 0.342 e. The number of aromatic nitrogens is 2. The molecular weight excluding hydrogens is 536 g/mol. The average Bonchev–Trinajstić information content (AvgIpc) is 3.59. The number of cyclic esters (lactones) is 1. The Balaban J connectivity index is 0.000000287. The lowest BCUT2D eigenvalue weighted by molar-refractivity contribution is -0.185. The molecule has 41 heavy (non-hydrogen) atoms. The molecule has 198 valence electrons. The highest BCUT2D eigenvalue weighted by atomic mass is 32.1. The number of ether oxygens (including phenoxy) is 1. The number of nitriles is 2. The summed E-state index contributed by atoms with van der Waals surface area (Å²) >= 11 is 1.10. The molecular formula is C32H20N4O4S. The molecule has 0 radical (unpaired) electrons. The van der Waals surface area contributed by atoms with Crippen LogP contribution in [0.15, 0.2) is 103 Å². The van der Waals surface area contributed by atoms with Crippen LogP contribution in [0.1, 0.15) is 38.2 Å². The van der Waals surface area contributed by atoms with Crippen molar-refractivity contribution in [2.24, 2.45) is 0 Å². The summed E-state index contributed by atoms with van der Waals surface area (Å²) in [6.45, 7) is 0. The molecule has 6 rings (SSSR count). The minimum Gasteiger partial charge on any atom is -0.421 e. The van der Waals surface area contributed by atoms with Crippen LogP contribution in [0.5, 0.6) is 0 Å². The summed E-state index contributed by atoms with van der Waals surface area (Å²) in [6.07, 6.45) is 1.02. The predicted octanol–water partition coefficient (Wildman–Crippen LogP) is 5.33. The van der Waals surface area contributed by atoms with E-state index < -0.39 is 11.8 Å². The maximum Gasteiger partial charge on any atom is 0.342 e. The molecule has 0 bridgehead atoms. The number of nitrogens with zero attached hydrogens (tertiary/aromatic N) is 4. The Morgan fingerprint density at radius 1 is 0.854 bits per heavy atom. The number of aldehydes is 1. The summed E-state index contributed by atoms with van der Waals surface area (Å²) in [5.74, 6) is -2.49. The molecule has 0 saturated carbocycles. The molecule has 4 aromatic carbocycles. The summed E-state index contributed by atoms with van der Waals surface area (Å²) in [5, 5.41) is 29.0. The molecule has 0 spiro atoms.